The maximum absolute atomic E-state index is 12.9. The molecule has 0 aromatic heterocycles. The molecule has 2 nitrogen and oxygen atoms in total. The van der Waals surface area contributed by atoms with Crippen molar-refractivity contribution in [1.82, 2.24) is 5.32 Å². The summed E-state index contributed by atoms with van der Waals surface area (Å²) in [6.45, 7) is 1.33. The van der Waals surface area contributed by atoms with Crippen molar-refractivity contribution in [2.75, 3.05) is 0 Å². The minimum Gasteiger partial charge on any atom is -0.341 e. The van der Waals surface area contributed by atoms with Crippen LogP contribution in [0.15, 0.2) is 18.2 Å². The Morgan fingerprint density at radius 2 is 1.81 bits per heavy atom. The SMILES string of the molecule is CCC(=O)NC(c1ccc(Cl)c(C(F)(F)F)c1)C(F)(F)F. The van der Waals surface area contributed by atoms with Crippen LogP contribution in [-0.4, -0.2) is 12.1 Å². The van der Waals surface area contributed by atoms with Crippen LogP contribution in [0, 0.1) is 0 Å². The van der Waals surface area contributed by atoms with Crippen LogP contribution >= 0.6 is 11.6 Å². The molecule has 0 heterocycles. The van der Waals surface area contributed by atoms with Crippen molar-refractivity contribution in [3.63, 3.8) is 0 Å². The van der Waals surface area contributed by atoms with Crippen LogP contribution in [-0.2, 0) is 11.0 Å². The summed E-state index contributed by atoms with van der Waals surface area (Å²) >= 11 is 5.34. The van der Waals surface area contributed by atoms with E-state index in [-0.39, 0.29) is 12.5 Å². The van der Waals surface area contributed by atoms with E-state index in [2.05, 4.69) is 0 Å². The average molecular weight is 334 g/mol. The summed E-state index contributed by atoms with van der Waals surface area (Å²) in [5, 5.41) is 0.933. The molecule has 1 aromatic rings. The smallest absolute Gasteiger partial charge is 0.341 e. The molecule has 1 amide bonds. The van der Waals surface area contributed by atoms with Crippen molar-refractivity contribution < 1.29 is 31.1 Å². The van der Waals surface area contributed by atoms with Gasteiger partial charge in [-0.25, -0.2) is 0 Å². The molecular weight excluding hydrogens is 324 g/mol. The second-order valence-electron chi connectivity index (χ2n) is 4.13. The number of nitrogens with one attached hydrogen (secondary N) is 1. The van der Waals surface area contributed by atoms with E-state index < -0.39 is 40.5 Å². The summed E-state index contributed by atoms with van der Waals surface area (Å²) in [6.07, 6.45) is -10.0. The Kier molecular flexibility index (Phi) is 5.14. The Balaban J connectivity index is 3.29. The first-order chi connectivity index (χ1) is 9.46. The third-order valence-electron chi connectivity index (χ3n) is 2.58. The lowest BCUT2D eigenvalue weighted by molar-refractivity contribution is -0.163. The number of benzene rings is 1. The normalized spacial score (nSPS) is 13.9. The number of carbonyl (C=O) groups excluding carboxylic acids is 1. The molecule has 0 aliphatic rings. The zero-order valence-electron chi connectivity index (χ0n) is 10.6. The molecular formula is C12H10ClF6NO. The zero-order chi connectivity index (χ0) is 16.4. The molecule has 1 aromatic carbocycles. The maximum atomic E-state index is 12.9. The van der Waals surface area contributed by atoms with Gasteiger partial charge in [-0.3, -0.25) is 4.79 Å². The summed E-state index contributed by atoms with van der Waals surface area (Å²) < 4.78 is 76.7. The van der Waals surface area contributed by atoms with E-state index in [1.807, 2.05) is 0 Å². The molecule has 1 rings (SSSR count). The maximum Gasteiger partial charge on any atom is 0.417 e. The molecule has 0 saturated heterocycles. The minimum atomic E-state index is -4.93. The van der Waals surface area contributed by atoms with Crippen LogP contribution < -0.4 is 5.32 Å². The van der Waals surface area contributed by atoms with E-state index >= 15 is 0 Å². The molecule has 1 atom stereocenters. The summed E-state index contributed by atoms with van der Waals surface area (Å²) in [7, 11) is 0. The molecule has 0 spiro atoms. The first kappa shape index (κ1) is 17.6. The van der Waals surface area contributed by atoms with Gasteiger partial charge in [0, 0.05) is 6.42 Å². The third kappa shape index (κ3) is 4.52. The molecule has 0 bridgehead atoms. The fourth-order valence-electron chi connectivity index (χ4n) is 1.56. The molecule has 0 fully saturated rings. The molecule has 21 heavy (non-hydrogen) atoms. The number of amides is 1. The van der Waals surface area contributed by atoms with E-state index in [0.29, 0.717) is 0 Å². The van der Waals surface area contributed by atoms with E-state index in [0.717, 1.165) is 12.1 Å². The van der Waals surface area contributed by atoms with Crippen molar-refractivity contribution >= 4 is 17.5 Å². The Hall–Kier alpha value is -1.44. The van der Waals surface area contributed by atoms with Gasteiger partial charge >= 0.3 is 12.4 Å². The first-order valence-electron chi connectivity index (χ1n) is 5.69. The molecule has 0 aliphatic carbocycles. The Morgan fingerprint density at radius 3 is 2.24 bits per heavy atom. The molecule has 1 unspecified atom stereocenters. The minimum absolute atomic E-state index is 0.230. The highest BCUT2D eigenvalue weighted by atomic mass is 35.5. The van der Waals surface area contributed by atoms with Crippen LogP contribution in [0.1, 0.15) is 30.5 Å². The molecule has 0 radical (unpaired) electrons. The van der Waals surface area contributed by atoms with Crippen LogP contribution in [0.2, 0.25) is 5.02 Å². The largest absolute Gasteiger partial charge is 0.417 e. The van der Waals surface area contributed by atoms with Gasteiger partial charge in [-0.2, -0.15) is 26.3 Å². The van der Waals surface area contributed by atoms with Gasteiger partial charge in [0.05, 0.1) is 10.6 Å². The van der Waals surface area contributed by atoms with E-state index in [1.54, 1.807) is 5.32 Å². The quantitative estimate of drug-likeness (QED) is 0.811. The molecule has 1 N–H and O–H groups in total. The first-order valence-corrected chi connectivity index (χ1v) is 6.07. The van der Waals surface area contributed by atoms with E-state index in [9.17, 15) is 31.1 Å². The number of hydrogen-bond acceptors (Lipinski definition) is 1. The standard InChI is InChI=1S/C12H10ClF6NO/c1-2-9(21)20-10(12(17,18)19)6-3-4-8(13)7(5-6)11(14,15)16/h3-5,10H,2H2,1H3,(H,20,21). The monoisotopic (exact) mass is 333 g/mol. The average Bonchev–Trinajstić information content (AvgIpc) is 2.33. The van der Waals surface area contributed by atoms with Gasteiger partial charge in [-0.15, -0.1) is 0 Å². The van der Waals surface area contributed by atoms with Gasteiger partial charge in [-0.1, -0.05) is 24.6 Å². The second-order valence-corrected chi connectivity index (χ2v) is 4.54. The third-order valence-corrected chi connectivity index (χ3v) is 2.91. The lowest BCUT2D eigenvalue weighted by Gasteiger charge is -2.23. The lowest BCUT2D eigenvalue weighted by Crippen LogP contribution is -2.37. The van der Waals surface area contributed by atoms with Crippen molar-refractivity contribution in [3.05, 3.63) is 34.3 Å². The lowest BCUT2D eigenvalue weighted by atomic mass is 10.0. The number of halogens is 7. The number of carbonyl (C=O) groups is 1. The summed E-state index contributed by atoms with van der Waals surface area (Å²) in [5.74, 6) is -0.930. The second kappa shape index (κ2) is 6.13. The Morgan fingerprint density at radius 1 is 1.24 bits per heavy atom. The highest BCUT2D eigenvalue weighted by Gasteiger charge is 2.43. The van der Waals surface area contributed by atoms with E-state index in [4.69, 9.17) is 11.6 Å². The number of hydrogen-bond donors (Lipinski definition) is 1. The van der Waals surface area contributed by atoms with Gasteiger partial charge in [0.1, 0.15) is 0 Å². The number of rotatable bonds is 3. The predicted molar refractivity (Wildman–Crippen MR) is 63.7 cm³/mol. The van der Waals surface area contributed by atoms with Gasteiger partial charge in [0.25, 0.3) is 0 Å². The summed E-state index contributed by atoms with van der Waals surface area (Å²) in [5.41, 5.74) is -2.12. The fourth-order valence-corrected chi connectivity index (χ4v) is 1.78. The van der Waals surface area contributed by atoms with Crippen LogP contribution in [0.5, 0.6) is 0 Å². The predicted octanol–water partition coefficient (Wildman–Crippen LogP) is 4.49. The Bertz CT molecular complexity index is 525. The van der Waals surface area contributed by atoms with Gasteiger partial charge in [0.2, 0.25) is 5.91 Å². The van der Waals surface area contributed by atoms with Gasteiger partial charge in [-0.05, 0) is 17.7 Å². The fraction of sp³-hybridized carbons (Fsp3) is 0.417. The molecule has 0 saturated carbocycles. The highest BCUT2D eigenvalue weighted by Crippen LogP contribution is 2.39. The molecule has 118 valence electrons. The van der Waals surface area contributed by atoms with Crippen LogP contribution in [0.4, 0.5) is 26.3 Å². The van der Waals surface area contributed by atoms with Crippen molar-refractivity contribution in [2.24, 2.45) is 0 Å². The van der Waals surface area contributed by atoms with Gasteiger partial charge in [0.15, 0.2) is 6.04 Å². The zero-order valence-corrected chi connectivity index (χ0v) is 11.3. The summed E-state index contributed by atoms with van der Waals surface area (Å²) in [4.78, 5) is 11.1. The molecule has 0 aliphatic heterocycles. The van der Waals surface area contributed by atoms with Crippen molar-refractivity contribution in [2.45, 2.75) is 31.7 Å². The molecule has 9 heteroatoms. The van der Waals surface area contributed by atoms with E-state index in [1.165, 1.54) is 6.92 Å². The summed E-state index contributed by atoms with van der Waals surface area (Å²) in [6, 6.07) is -0.720. The van der Waals surface area contributed by atoms with Crippen molar-refractivity contribution in [3.8, 4) is 0 Å². The Labute approximate surface area is 121 Å². The van der Waals surface area contributed by atoms with Crippen molar-refractivity contribution in [1.29, 1.82) is 0 Å². The van der Waals surface area contributed by atoms with Crippen LogP contribution in [0.25, 0.3) is 0 Å². The number of alkyl halides is 6. The van der Waals surface area contributed by atoms with Crippen LogP contribution in [0.3, 0.4) is 0 Å². The topological polar surface area (TPSA) is 29.1 Å². The highest BCUT2D eigenvalue weighted by molar-refractivity contribution is 6.31. The van der Waals surface area contributed by atoms with Gasteiger partial charge < -0.3 is 5.32 Å².